The van der Waals surface area contributed by atoms with Gasteiger partial charge < -0.3 is 4.42 Å². The minimum absolute atomic E-state index is 0.0158. The molecule has 0 aliphatic rings. The van der Waals surface area contributed by atoms with E-state index in [1.54, 1.807) is 0 Å². The number of hydrogen-bond acceptors (Lipinski definition) is 9. The van der Waals surface area contributed by atoms with Crippen molar-refractivity contribution >= 4 is 28.9 Å². The first-order valence-corrected chi connectivity index (χ1v) is 6.72. The van der Waals surface area contributed by atoms with Crippen molar-refractivity contribution in [2.75, 3.05) is 0 Å². The summed E-state index contributed by atoms with van der Waals surface area (Å²) in [4.78, 5) is 41.7. The maximum atomic E-state index is 12.0. The van der Waals surface area contributed by atoms with Crippen LogP contribution in [0.5, 0.6) is 0 Å². The van der Waals surface area contributed by atoms with Crippen molar-refractivity contribution in [1.82, 2.24) is 5.43 Å². The molecule has 0 aliphatic heterocycles. The summed E-state index contributed by atoms with van der Waals surface area (Å²) in [6.45, 7) is 1.39. The van der Waals surface area contributed by atoms with Gasteiger partial charge >= 0.3 is 5.88 Å². The Morgan fingerprint density at radius 1 is 1.00 bits per heavy atom. The second kappa shape index (κ2) is 7.16. The van der Waals surface area contributed by atoms with Gasteiger partial charge in [-0.05, 0) is 13.0 Å². The minimum Gasteiger partial charge on any atom is -0.399 e. The lowest BCUT2D eigenvalue weighted by Crippen LogP contribution is -2.19. The molecule has 1 amide bonds. The van der Waals surface area contributed by atoms with Crippen LogP contribution in [-0.4, -0.2) is 26.4 Å². The summed E-state index contributed by atoms with van der Waals surface area (Å²) in [6.07, 6.45) is 0. The molecule has 2 aromatic rings. The number of nitro groups is 3. The fourth-order valence-corrected chi connectivity index (χ4v) is 1.81. The van der Waals surface area contributed by atoms with Gasteiger partial charge in [-0.1, -0.05) is 0 Å². The molecule has 0 bridgehead atoms. The number of nitro benzene ring substituents is 2. The van der Waals surface area contributed by atoms with Gasteiger partial charge in [0.05, 0.1) is 27.5 Å². The van der Waals surface area contributed by atoms with Crippen LogP contribution in [0.4, 0.5) is 17.3 Å². The van der Waals surface area contributed by atoms with E-state index >= 15 is 0 Å². The number of nitrogens with one attached hydrogen (secondary N) is 1. The van der Waals surface area contributed by atoms with Crippen molar-refractivity contribution in [1.29, 1.82) is 0 Å². The first-order valence-electron chi connectivity index (χ1n) is 6.72. The first kappa shape index (κ1) is 18.2. The van der Waals surface area contributed by atoms with Gasteiger partial charge in [0.1, 0.15) is 10.6 Å². The van der Waals surface area contributed by atoms with E-state index in [4.69, 9.17) is 4.42 Å². The maximum Gasteiger partial charge on any atom is 0.433 e. The minimum atomic E-state index is -0.947. The van der Waals surface area contributed by atoms with Gasteiger partial charge in [-0.25, -0.2) is 5.43 Å². The molecule has 0 fully saturated rings. The van der Waals surface area contributed by atoms with Gasteiger partial charge in [0.25, 0.3) is 17.3 Å². The third-order valence-electron chi connectivity index (χ3n) is 3.04. The SMILES string of the molecule is CC(=NNC(=O)c1cc([N+](=O)[O-])cc([N+](=O)[O-])c1)c1ccc([N+](=O)[O-])o1. The molecule has 0 aliphatic carbocycles. The molecule has 1 heterocycles. The molecule has 2 rings (SSSR count). The third kappa shape index (κ3) is 4.02. The number of benzene rings is 1. The summed E-state index contributed by atoms with van der Waals surface area (Å²) in [7, 11) is 0. The summed E-state index contributed by atoms with van der Waals surface area (Å²) in [5.41, 5.74) is 0.498. The Bertz CT molecular complexity index is 916. The Labute approximate surface area is 143 Å². The molecule has 134 valence electrons. The molecular weight excluding hydrogens is 354 g/mol. The molecule has 0 unspecified atom stereocenters. The predicted molar refractivity (Wildman–Crippen MR) is 84.8 cm³/mol. The summed E-state index contributed by atoms with van der Waals surface area (Å²) < 4.78 is 4.89. The van der Waals surface area contributed by atoms with E-state index < -0.39 is 37.9 Å². The third-order valence-corrected chi connectivity index (χ3v) is 3.04. The summed E-state index contributed by atoms with van der Waals surface area (Å²) >= 11 is 0. The lowest BCUT2D eigenvalue weighted by atomic mass is 10.1. The van der Waals surface area contributed by atoms with Crippen molar-refractivity contribution in [3.8, 4) is 0 Å². The Kier molecular flexibility index (Phi) is 5.01. The molecule has 0 atom stereocenters. The van der Waals surface area contributed by atoms with Crippen molar-refractivity contribution in [2.45, 2.75) is 6.92 Å². The van der Waals surface area contributed by atoms with Crippen LogP contribution in [0.2, 0.25) is 0 Å². The van der Waals surface area contributed by atoms with Gasteiger partial charge in [-0.2, -0.15) is 5.10 Å². The molecule has 0 radical (unpaired) electrons. The van der Waals surface area contributed by atoms with E-state index in [0.717, 1.165) is 18.2 Å². The summed E-state index contributed by atoms with van der Waals surface area (Å²) in [5.74, 6) is -1.45. The first-order chi connectivity index (χ1) is 12.2. The standard InChI is InChI=1S/C13H9N5O8/c1-7(11-2-3-12(26-11)18(24)25)14-15-13(19)8-4-9(16(20)21)6-10(5-8)17(22)23/h2-6H,1H3,(H,15,19). The number of hydrogen-bond donors (Lipinski definition) is 1. The molecule has 0 saturated carbocycles. The Morgan fingerprint density at radius 2 is 1.58 bits per heavy atom. The highest BCUT2D eigenvalue weighted by Crippen LogP contribution is 2.22. The second-order valence-corrected chi connectivity index (χ2v) is 4.79. The average molecular weight is 363 g/mol. The Morgan fingerprint density at radius 3 is 2.04 bits per heavy atom. The lowest BCUT2D eigenvalue weighted by Gasteiger charge is -2.02. The molecular formula is C13H9N5O8. The highest BCUT2D eigenvalue weighted by Gasteiger charge is 2.20. The highest BCUT2D eigenvalue weighted by molar-refractivity contribution is 5.99. The van der Waals surface area contributed by atoms with E-state index in [0.29, 0.717) is 6.07 Å². The van der Waals surface area contributed by atoms with Crippen molar-refractivity contribution < 1.29 is 24.0 Å². The van der Waals surface area contributed by atoms with Gasteiger partial charge in [0, 0.05) is 12.1 Å². The summed E-state index contributed by atoms with van der Waals surface area (Å²) in [5, 5.41) is 35.8. The highest BCUT2D eigenvalue weighted by atomic mass is 16.7. The zero-order chi connectivity index (χ0) is 19.4. The Hall–Kier alpha value is -4.16. The molecule has 1 aromatic heterocycles. The molecule has 13 nitrogen and oxygen atoms in total. The van der Waals surface area contributed by atoms with Gasteiger partial charge in [0.2, 0.25) is 0 Å². The van der Waals surface area contributed by atoms with Crippen LogP contribution >= 0.6 is 0 Å². The average Bonchev–Trinajstić information content (AvgIpc) is 3.09. The van der Waals surface area contributed by atoms with E-state index in [2.05, 4.69) is 5.10 Å². The topological polar surface area (TPSA) is 184 Å². The number of nitrogens with zero attached hydrogens (tertiary/aromatic N) is 4. The van der Waals surface area contributed by atoms with Gasteiger partial charge in [-0.3, -0.25) is 35.1 Å². The molecule has 1 aromatic carbocycles. The number of rotatable bonds is 6. The predicted octanol–water partition coefficient (Wildman–Crippen LogP) is 2.16. The maximum absolute atomic E-state index is 12.0. The van der Waals surface area contributed by atoms with Crippen LogP contribution < -0.4 is 5.43 Å². The molecule has 26 heavy (non-hydrogen) atoms. The van der Waals surface area contributed by atoms with Crippen LogP contribution in [0, 0.1) is 30.3 Å². The van der Waals surface area contributed by atoms with Crippen LogP contribution in [0.3, 0.4) is 0 Å². The lowest BCUT2D eigenvalue weighted by molar-refractivity contribution is -0.402. The summed E-state index contributed by atoms with van der Waals surface area (Å²) in [6, 6.07) is 4.78. The molecule has 0 saturated heterocycles. The zero-order valence-electron chi connectivity index (χ0n) is 12.9. The molecule has 13 heteroatoms. The quantitative estimate of drug-likeness (QED) is 0.459. The fraction of sp³-hybridized carbons (Fsp3) is 0.0769. The van der Waals surface area contributed by atoms with Crippen molar-refractivity contribution in [3.05, 3.63) is 72.0 Å². The van der Waals surface area contributed by atoms with Crippen LogP contribution in [0.15, 0.2) is 39.9 Å². The van der Waals surface area contributed by atoms with Gasteiger partial charge in [0.15, 0.2) is 5.76 Å². The van der Waals surface area contributed by atoms with Gasteiger partial charge in [-0.15, -0.1) is 0 Å². The molecule has 1 N–H and O–H groups in total. The van der Waals surface area contributed by atoms with Crippen molar-refractivity contribution in [2.24, 2.45) is 5.10 Å². The number of furan rings is 1. The number of carbonyl (C=O) groups is 1. The van der Waals surface area contributed by atoms with Crippen molar-refractivity contribution in [3.63, 3.8) is 0 Å². The number of hydrazone groups is 1. The van der Waals surface area contributed by atoms with Crippen LogP contribution in [0.1, 0.15) is 23.0 Å². The Balaban J connectivity index is 2.24. The number of amides is 1. The van der Waals surface area contributed by atoms with Crippen LogP contribution in [0.25, 0.3) is 0 Å². The fourth-order valence-electron chi connectivity index (χ4n) is 1.81. The largest absolute Gasteiger partial charge is 0.433 e. The molecule has 0 spiro atoms. The van der Waals surface area contributed by atoms with E-state index in [1.165, 1.54) is 13.0 Å². The number of carbonyl (C=O) groups excluding carboxylic acids is 1. The number of non-ortho nitro benzene ring substituents is 2. The second-order valence-electron chi connectivity index (χ2n) is 4.79. The smallest absolute Gasteiger partial charge is 0.399 e. The normalized spacial score (nSPS) is 11.0. The zero-order valence-corrected chi connectivity index (χ0v) is 12.9. The monoisotopic (exact) mass is 363 g/mol. The van der Waals surface area contributed by atoms with Crippen LogP contribution in [-0.2, 0) is 0 Å². The van der Waals surface area contributed by atoms with E-state index in [1.807, 2.05) is 5.43 Å². The van der Waals surface area contributed by atoms with E-state index in [-0.39, 0.29) is 17.0 Å². The van der Waals surface area contributed by atoms with E-state index in [9.17, 15) is 35.1 Å².